The second-order valence-electron chi connectivity index (χ2n) is 8.12. The summed E-state index contributed by atoms with van der Waals surface area (Å²) in [5.41, 5.74) is 1.23. The number of ether oxygens (including phenoxy) is 1. The Morgan fingerprint density at radius 1 is 1.18 bits per heavy atom. The Bertz CT molecular complexity index is 761. The molecule has 2 fully saturated rings. The first kappa shape index (κ1) is 19.4. The predicted molar refractivity (Wildman–Crippen MR) is 106 cm³/mol. The zero-order valence-electron chi connectivity index (χ0n) is 16.4. The normalized spacial score (nSPS) is 26.5. The van der Waals surface area contributed by atoms with Gasteiger partial charge in [0.05, 0.1) is 7.11 Å². The first-order valence-corrected chi connectivity index (χ1v) is 11.2. The third-order valence-electron chi connectivity index (χ3n) is 6.56. The van der Waals surface area contributed by atoms with E-state index in [1.165, 1.54) is 17.6 Å². The van der Waals surface area contributed by atoms with Crippen LogP contribution in [0, 0.1) is 5.92 Å². The fourth-order valence-corrected chi connectivity index (χ4v) is 6.02. The molecular formula is C21H28N2O4S. The number of hydrogen-bond donors (Lipinski definition) is 0. The number of likely N-dealkylation sites (tertiary alicyclic amines) is 1. The third-order valence-corrected chi connectivity index (χ3v) is 7.59. The van der Waals surface area contributed by atoms with E-state index in [1.54, 1.807) is 16.2 Å². The van der Waals surface area contributed by atoms with Crippen molar-refractivity contribution >= 4 is 29.1 Å². The van der Waals surface area contributed by atoms with E-state index >= 15 is 0 Å². The summed E-state index contributed by atoms with van der Waals surface area (Å²) in [5.74, 6) is 0.0114. The number of esters is 1. The summed E-state index contributed by atoms with van der Waals surface area (Å²) < 4.78 is 4.96. The van der Waals surface area contributed by atoms with E-state index < -0.39 is 6.04 Å². The molecule has 1 aromatic rings. The molecule has 3 atom stereocenters. The van der Waals surface area contributed by atoms with Crippen LogP contribution in [0.2, 0.25) is 0 Å². The number of carbonyl (C=O) groups is 3. The van der Waals surface area contributed by atoms with Gasteiger partial charge in [0, 0.05) is 36.9 Å². The van der Waals surface area contributed by atoms with Crippen LogP contribution in [0.5, 0.6) is 0 Å². The van der Waals surface area contributed by atoms with Crippen LogP contribution in [0.4, 0.5) is 0 Å². The fourth-order valence-electron chi connectivity index (χ4n) is 5.13. The summed E-state index contributed by atoms with van der Waals surface area (Å²) >= 11 is 1.75. The highest BCUT2D eigenvalue weighted by Gasteiger charge is 2.47. The Morgan fingerprint density at radius 3 is 2.79 bits per heavy atom. The largest absolute Gasteiger partial charge is 0.467 e. The van der Waals surface area contributed by atoms with E-state index in [2.05, 4.69) is 11.4 Å². The maximum atomic E-state index is 13.0. The van der Waals surface area contributed by atoms with Gasteiger partial charge in [-0.2, -0.15) is 0 Å². The maximum Gasteiger partial charge on any atom is 0.328 e. The van der Waals surface area contributed by atoms with Crippen molar-refractivity contribution in [3.8, 4) is 0 Å². The van der Waals surface area contributed by atoms with Crippen LogP contribution in [-0.4, -0.2) is 53.3 Å². The minimum Gasteiger partial charge on any atom is -0.467 e. The summed E-state index contributed by atoms with van der Waals surface area (Å²) in [6.45, 7) is 1.37. The van der Waals surface area contributed by atoms with E-state index in [9.17, 15) is 14.4 Å². The number of amides is 2. The molecule has 152 valence electrons. The maximum absolute atomic E-state index is 13.0. The topological polar surface area (TPSA) is 66.9 Å². The number of fused-ring (bicyclic) bond motifs is 2. The Morgan fingerprint density at radius 2 is 1.96 bits per heavy atom. The second kappa shape index (κ2) is 8.23. The van der Waals surface area contributed by atoms with Gasteiger partial charge in [-0.3, -0.25) is 9.59 Å². The van der Waals surface area contributed by atoms with Crippen LogP contribution in [0.3, 0.4) is 0 Å². The molecule has 1 aliphatic carbocycles. The minimum atomic E-state index is -0.482. The molecule has 2 aliphatic heterocycles. The summed E-state index contributed by atoms with van der Waals surface area (Å²) in [7, 11) is 1.38. The quantitative estimate of drug-likeness (QED) is 0.724. The van der Waals surface area contributed by atoms with E-state index in [1.807, 2.05) is 4.90 Å². The van der Waals surface area contributed by atoms with Crippen LogP contribution in [-0.2, 0) is 32.1 Å². The minimum absolute atomic E-state index is 0.0270. The van der Waals surface area contributed by atoms with Gasteiger partial charge in [-0.1, -0.05) is 12.8 Å². The van der Waals surface area contributed by atoms with Crippen molar-refractivity contribution in [1.82, 2.24) is 9.80 Å². The zero-order valence-corrected chi connectivity index (χ0v) is 17.2. The predicted octanol–water partition coefficient (Wildman–Crippen LogP) is 2.75. The van der Waals surface area contributed by atoms with Crippen LogP contribution >= 0.6 is 11.3 Å². The first-order chi connectivity index (χ1) is 13.6. The van der Waals surface area contributed by atoms with Crippen molar-refractivity contribution in [3.63, 3.8) is 0 Å². The van der Waals surface area contributed by atoms with Gasteiger partial charge in [-0.25, -0.2) is 4.79 Å². The number of nitrogens with zero attached hydrogens (tertiary/aromatic N) is 2. The van der Waals surface area contributed by atoms with Crippen LogP contribution in [0.1, 0.15) is 55.4 Å². The van der Waals surface area contributed by atoms with Crippen molar-refractivity contribution in [3.05, 3.63) is 21.9 Å². The molecule has 28 heavy (non-hydrogen) atoms. The molecule has 0 radical (unpaired) electrons. The van der Waals surface area contributed by atoms with E-state index in [0.29, 0.717) is 18.9 Å². The van der Waals surface area contributed by atoms with Gasteiger partial charge >= 0.3 is 5.97 Å². The van der Waals surface area contributed by atoms with Gasteiger partial charge < -0.3 is 14.5 Å². The summed E-state index contributed by atoms with van der Waals surface area (Å²) in [6, 6.07) is 1.73. The number of thiophene rings is 1. The number of methoxy groups -OCH3 is 1. The standard InChI is InChI=1S/C21H28N2O4S/c1-27-21(26)17-12-14-4-2-3-5-16(14)23(17)20(25)7-6-19(24)22-10-8-18-15(13-22)9-11-28-18/h9,11,14,16-17H,2-8,10,12-13H2,1H3/t14-,16+,17-/m0/s1. The molecular weight excluding hydrogens is 376 g/mol. The number of hydrogen-bond acceptors (Lipinski definition) is 5. The fraction of sp³-hybridized carbons (Fsp3) is 0.667. The summed E-state index contributed by atoms with van der Waals surface area (Å²) in [5, 5.41) is 2.07. The van der Waals surface area contributed by atoms with Crippen LogP contribution in [0.15, 0.2) is 11.4 Å². The molecule has 7 heteroatoms. The van der Waals surface area contributed by atoms with Gasteiger partial charge in [0.15, 0.2) is 0 Å². The zero-order chi connectivity index (χ0) is 19.7. The molecule has 3 heterocycles. The van der Waals surface area contributed by atoms with Gasteiger partial charge in [-0.15, -0.1) is 11.3 Å². The lowest BCUT2D eigenvalue weighted by molar-refractivity contribution is -0.152. The highest BCUT2D eigenvalue weighted by atomic mass is 32.1. The Labute approximate surface area is 169 Å². The smallest absolute Gasteiger partial charge is 0.328 e. The molecule has 3 aliphatic rings. The Hall–Kier alpha value is -1.89. The number of rotatable bonds is 4. The van der Waals surface area contributed by atoms with Crippen molar-refractivity contribution in [1.29, 1.82) is 0 Å². The van der Waals surface area contributed by atoms with Gasteiger partial charge in [-0.05, 0) is 48.6 Å². The average Bonchev–Trinajstić information content (AvgIpc) is 3.34. The first-order valence-electron chi connectivity index (χ1n) is 10.3. The molecule has 0 bridgehead atoms. The molecule has 1 saturated heterocycles. The average molecular weight is 405 g/mol. The second-order valence-corrected chi connectivity index (χ2v) is 9.12. The molecule has 0 unspecified atom stereocenters. The molecule has 1 aromatic heterocycles. The highest BCUT2D eigenvalue weighted by Crippen LogP contribution is 2.40. The van der Waals surface area contributed by atoms with Gasteiger partial charge in [0.1, 0.15) is 6.04 Å². The third kappa shape index (κ3) is 3.69. The van der Waals surface area contributed by atoms with Crippen molar-refractivity contribution in [2.75, 3.05) is 13.7 Å². The Balaban J connectivity index is 1.38. The molecule has 0 aromatic carbocycles. The lowest BCUT2D eigenvalue weighted by Gasteiger charge is -2.33. The highest BCUT2D eigenvalue weighted by molar-refractivity contribution is 7.10. The lowest BCUT2D eigenvalue weighted by atomic mass is 9.84. The molecule has 0 N–H and O–H groups in total. The van der Waals surface area contributed by atoms with E-state index in [0.717, 1.165) is 38.6 Å². The molecule has 6 nitrogen and oxygen atoms in total. The number of carbonyl (C=O) groups excluding carboxylic acids is 3. The van der Waals surface area contributed by atoms with Crippen LogP contribution < -0.4 is 0 Å². The SMILES string of the molecule is COC(=O)[C@@H]1C[C@@H]2CCCC[C@H]2N1C(=O)CCC(=O)N1CCc2sccc2C1. The van der Waals surface area contributed by atoms with E-state index in [4.69, 9.17) is 4.74 Å². The lowest BCUT2D eigenvalue weighted by Crippen LogP contribution is -2.47. The molecule has 1 saturated carbocycles. The van der Waals surface area contributed by atoms with Crippen molar-refractivity contribution in [2.45, 2.75) is 70.0 Å². The molecule has 2 amide bonds. The summed E-state index contributed by atoms with van der Waals surface area (Å²) in [6.07, 6.45) is 6.24. The Kier molecular flexibility index (Phi) is 5.71. The monoisotopic (exact) mass is 404 g/mol. The van der Waals surface area contributed by atoms with Gasteiger partial charge in [0.25, 0.3) is 0 Å². The van der Waals surface area contributed by atoms with E-state index in [-0.39, 0.29) is 36.7 Å². The van der Waals surface area contributed by atoms with Crippen molar-refractivity contribution in [2.24, 2.45) is 5.92 Å². The van der Waals surface area contributed by atoms with Gasteiger partial charge in [0.2, 0.25) is 11.8 Å². The molecule has 0 spiro atoms. The summed E-state index contributed by atoms with van der Waals surface area (Å²) in [4.78, 5) is 42.9. The molecule has 4 rings (SSSR count). The van der Waals surface area contributed by atoms with Crippen molar-refractivity contribution < 1.29 is 19.1 Å². The van der Waals surface area contributed by atoms with Crippen LogP contribution in [0.25, 0.3) is 0 Å².